The van der Waals surface area contributed by atoms with Crippen LogP contribution in [0.15, 0.2) is 0 Å². The van der Waals surface area contributed by atoms with Gasteiger partial charge in [-0.2, -0.15) is 0 Å². The lowest BCUT2D eigenvalue weighted by Gasteiger charge is -2.26. The smallest absolute Gasteiger partial charge is 0.322 e. The largest absolute Gasteiger partial charge is 0.355 e. The van der Waals surface area contributed by atoms with E-state index in [2.05, 4.69) is 5.43 Å². The number of likely N-dealkylation sites (tertiary alicyclic amines) is 1. The summed E-state index contributed by atoms with van der Waals surface area (Å²) in [5.41, 5.74) is 3.82. The Hall–Kier alpha value is -0.770. The van der Waals surface area contributed by atoms with Gasteiger partial charge in [0.2, 0.25) is 0 Å². The van der Waals surface area contributed by atoms with E-state index in [0.717, 1.165) is 25.9 Å². The first-order chi connectivity index (χ1) is 5.70. The van der Waals surface area contributed by atoms with E-state index >= 15 is 0 Å². The van der Waals surface area contributed by atoms with Crippen LogP contribution in [0.5, 0.6) is 0 Å². The number of amides is 2. The van der Waals surface area contributed by atoms with E-state index in [1.165, 1.54) is 6.42 Å². The zero-order chi connectivity index (χ0) is 8.97. The Kier molecular flexibility index (Phi) is 3.34. The number of hydrogen-bond donors (Lipinski definition) is 0. The average Bonchev–Trinajstić information content (AvgIpc) is 2.05. The van der Waals surface area contributed by atoms with Gasteiger partial charge in [-0.1, -0.05) is 0 Å². The summed E-state index contributed by atoms with van der Waals surface area (Å²) in [5.74, 6) is 0. The minimum atomic E-state index is -0.0975. The van der Waals surface area contributed by atoms with Crippen LogP contribution < -0.4 is 5.43 Å². The van der Waals surface area contributed by atoms with Crippen molar-refractivity contribution in [3.8, 4) is 0 Å². The summed E-state index contributed by atoms with van der Waals surface area (Å²) in [7, 11) is 3.53. The Bertz CT molecular complexity index is 152. The second kappa shape index (κ2) is 4.30. The topological polar surface area (TPSA) is 37.7 Å². The number of hydrogen-bond acceptors (Lipinski definition) is 2. The van der Waals surface area contributed by atoms with Crippen molar-refractivity contribution < 1.29 is 4.79 Å². The molecular formula is C8H16N3O. The maximum Gasteiger partial charge on any atom is 0.355 e. The van der Waals surface area contributed by atoms with Crippen molar-refractivity contribution in [1.82, 2.24) is 15.3 Å². The van der Waals surface area contributed by atoms with Crippen LogP contribution in [0.1, 0.15) is 19.3 Å². The van der Waals surface area contributed by atoms with Gasteiger partial charge in [-0.25, -0.2) is 9.80 Å². The lowest BCUT2D eigenvalue weighted by atomic mass is 10.1. The second-order valence-corrected chi connectivity index (χ2v) is 3.28. The fourth-order valence-corrected chi connectivity index (χ4v) is 1.32. The molecular weight excluding hydrogens is 154 g/mol. The zero-order valence-corrected chi connectivity index (χ0v) is 7.79. The standard InChI is InChI=1S/C8H16N3O/c1-10(2)9-8(12)11-6-4-3-5-7-11/h3-7H2,1-2H3. The third kappa shape index (κ3) is 2.70. The molecule has 69 valence electrons. The van der Waals surface area contributed by atoms with Gasteiger partial charge >= 0.3 is 6.03 Å². The molecule has 0 unspecified atom stereocenters. The molecule has 0 aromatic rings. The number of rotatable bonds is 1. The van der Waals surface area contributed by atoms with E-state index in [4.69, 9.17) is 0 Å². The van der Waals surface area contributed by atoms with Crippen LogP contribution in [0.2, 0.25) is 0 Å². The highest BCUT2D eigenvalue weighted by atomic mass is 16.2. The molecule has 1 aliphatic rings. The van der Waals surface area contributed by atoms with Crippen LogP contribution in [-0.4, -0.2) is 43.1 Å². The summed E-state index contributed by atoms with van der Waals surface area (Å²) in [6.07, 6.45) is 3.48. The number of piperidine rings is 1. The molecule has 1 heterocycles. The van der Waals surface area contributed by atoms with E-state index in [-0.39, 0.29) is 6.03 Å². The number of nitrogens with zero attached hydrogens (tertiary/aromatic N) is 3. The monoisotopic (exact) mass is 170 g/mol. The van der Waals surface area contributed by atoms with Crippen molar-refractivity contribution in [1.29, 1.82) is 0 Å². The van der Waals surface area contributed by atoms with Crippen LogP contribution in [0.25, 0.3) is 0 Å². The highest BCUT2D eigenvalue weighted by molar-refractivity contribution is 5.73. The molecule has 1 fully saturated rings. The highest BCUT2D eigenvalue weighted by Gasteiger charge is 2.17. The van der Waals surface area contributed by atoms with E-state index in [1.54, 1.807) is 19.1 Å². The van der Waals surface area contributed by atoms with Gasteiger partial charge in [0, 0.05) is 27.2 Å². The van der Waals surface area contributed by atoms with Crippen molar-refractivity contribution in [3.63, 3.8) is 0 Å². The van der Waals surface area contributed by atoms with E-state index in [1.807, 2.05) is 4.90 Å². The van der Waals surface area contributed by atoms with E-state index < -0.39 is 0 Å². The summed E-state index contributed by atoms with van der Waals surface area (Å²) < 4.78 is 0. The normalized spacial score (nSPS) is 18.1. The first-order valence-corrected chi connectivity index (χ1v) is 4.38. The Balaban J connectivity index is 2.30. The Labute approximate surface area is 73.5 Å². The second-order valence-electron chi connectivity index (χ2n) is 3.28. The maximum atomic E-state index is 11.3. The summed E-state index contributed by atoms with van der Waals surface area (Å²) in [6, 6.07) is -0.0975. The highest BCUT2D eigenvalue weighted by Crippen LogP contribution is 2.08. The SMILES string of the molecule is CN(C)[N]C(=O)N1CCCCC1. The fraction of sp³-hybridized carbons (Fsp3) is 0.875. The third-order valence-corrected chi connectivity index (χ3v) is 1.91. The van der Waals surface area contributed by atoms with Gasteiger partial charge in [0.25, 0.3) is 0 Å². The molecule has 4 heteroatoms. The summed E-state index contributed by atoms with van der Waals surface area (Å²) in [4.78, 5) is 13.1. The van der Waals surface area contributed by atoms with Crippen LogP contribution in [-0.2, 0) is 0 Å². The summed E-state index contributed by atoms with van der Waals surface area (Å²) >= 11 is 0. The average molecular weight is 170 g/mol. The van der Waals surface area contributed by atoms with Crippen LogP contribution >= 0.6 is 0 Å². The van der Waals surface area contributed by atoms with Crippen molar-refractivity contribution in [2.45, 2.75) is 19.3 Å². The quantitative estimate of drug-likeness (QED) is 0.542. The molecule has 0 aromatic carbocycles. The Morgan fingerprint density at radius 1 is 1.25 bits per heavy atom. The van der Waals surface area contributed by atoms with Crippen molar-refractivity contribution in [2.75, 3.05) is 27.2 Å². The van der Waals surface area contributed by atoms with Gasteiger partial charge < -0.3 is 4.90 Å². The third-order valence-electron chi connectivity index (χ3n) is 1.91. The Morgan fingerprint density at radius 3 is 2.33 bits per heavy atom. The van der Waals surface area contributed by atoms with Gasteiger partial charge in [0.15, 0.2) is 0 Å². The number of urea groups is 1. The van der Waals surface area contributed by atoms with Gasteiger partial charge in [0.1, 0.15) is 0 Å². The van der Waals surface area contributed by atoms with Crippen LogP contribution in [0, 0.1) is 0 Å². The molecule has 1 aliphatic heterocycles. The van der Waals surface area contributed by atoms with Crippen molar-refractivity contribution >= 4 is 6.03 Å². The predicted octanol–water partition coefficient (Wildman–Crippen LogP) is 0.673. The minimum Gasteiger partial charge on any atom is -0.322 e. The summed E-state index contributed by atoms with van der Waals surface area (Å²) in [6.45, 7) is 1.74. The first-order valence-electron chi connectivity index (χ1n) is 4.38. The van der Waals surface area contributed by atoms with Gasteiger partial charge in [-0.05, 0) is 19.3 Å². The summed E-state index contributed by atoms with van der Waals surface area (Å²) in [5, 5.41) is 1.55. The number of carbonyl (C=O) groups excluding carboxylic acids is 1. The molecule has 0 bridgehead atoms. The lowest BCUT2D eigenvalue weighted by molar-refractivity contribution is 0.158. The Morgan fingerprint density at radius 2 is 1.83 bits per heavy atom. The first kappa shape index (κ1) is 9.32. The minimum absolute atomic E-state index is 0.0975. The van der Waals surface area contributed by atoms with Crippen molar-refractivity contribution in [3.05, 3.63) is 0 Å². The molecule has 0 N–H and O–H groups in total. The van der Waals surface area contributed by atoms with Gasteiger partial charge in [0.05, 0.1) is 0 Å². The number of carbonyl (C=O) groups is 1. The molecule has 1 saturated heterocycles. The van der Waals surface area contributed by atoms with Crippen LogP contribution in [0.3, 0.4) is 0 Å². The molecule has 0 aromatic heterocycles. The van der Waals surface area contributed by atoms with Gasteiger partial charge in [-0.15, -0.1) is 5.43 Å². The molecule has 0 aliphatic carbocycles. The van der Waals surface area contributed by atoms with E-state index in [0.29, 0.717) is 0 Å². The zero-order valence-electron chi connectivity index (χ0n) is 7.79. The van der Waals surface area contributed by atoms with Gasteiger partial charge in [-0.3, -0.25) is 0 Å². The van der Waals surface area contributed by atoms with Crippen LogP contribution in [0.4, 0.5) is 4.79 Å². The molecule has 1 radical (unpaired) electrons. The maximum absolute atomic E-state index is 11.3. The molecule has 12 heavy (non-hydrogen) atoms. The van der Waals surface area contributed by atoms with Crippen molar-refractivity contribution in [2.24, 2.45) is 0 Å². The molecule has 4 nitrogen and oxygen atoms in total. The molecule has 2 amide bonds. The molecule has 0 spiro atoms. The fourth-order valence-electron chi connectivity index (χ4n) is 1.32. The predicted molar refractivity (Wildman–Crippen MR) is 46.6 cm³/mol. The molecule has 0 atom stereocenters. The molecule has 1 rings (SSSR count). The van der Waals surface area contributed by atoms with E-state index in [9.17, 15) is 4.79 Å². The molecule has 0 saturated carbocycles. The lowest BCUT2D eigenvalue weighted by Crippen LogP contribution is -2.43.